The molecule has 122 valence electrons. The van der Waals surface area contributed by atoms with Crippen LogP contribution < -0.4 is 10.6 Å². The Balaban J connectivity index is 2.18. The predicted octanol–water partition coefficient (Wildman–Crippen LogP) is 1.74. The van der Waals surface area contributed by atoms with Gasteiger partial charge in [0, 0.05) is 34.2 Å². The van der Waals surface area contributed by atoms with E-state index in [1.54, 1.807) is 18.2 Å². The predicted molar refractivity (Wildman–Crippen MR) is 88.7 cm³/mol. The largest absolute Gasteiger partial charge is 0.349 e. The van der Waals surface area contributed by atoms with Crippen LogP contribution in [0.2, 0.25) is 0 Å². The third-order valence-corrected chi connectivity index (χ3v) is 4.51. The SMILES string of the molecule is CC(C)(C)NC(=O)C1(N2CCC2=O)C(=O)Nc2ccc(Br)cc21. The number of carbonyl (C=O) groups excluding carboxylic acids is 3. The molecule has 2 N–H and O–H groups in total. The summed E-state index contributed by atoms with van der Waals surface area (Å²) < 4.78 is 0.744. The average Bonchev–Trinajstić information content (AvgIpc) is 2.69. The lowest BCUT2D eigenvalue weighted by molar-refractivity contribution is -0.163. The Labute approximate surface area is 142 Å². The minimum atomic E-state index is -1.64. The highest BCUT2D eigenvalue weighted by Gasteiger charge is 2.61. The second-order valence-corrected chi connectivity index (χ2v) is 7.77. The number of hydrogen-bond donors (Lipinski definition) is 2. The molecule has 7 heteroatoms. The first-order valence-electron chi connectivity index (χ1n) is 7.41. The summed E-state index contributed by atoms with van der Waals surface area (Å²) in [7, 11) is 0. The van der Waals surface area contributed by atoms with Gasteiger partial charge in [-0.3, -0.25) is 14.4 Å². The minimum Gasteiger partial charge on any atom is -0.349 e. The van der Waals surface area contributed by atoms with Crippen molar-refractivity contribution in [2.45, 2.75) is 38.3 Å². The van der Waals surface area contributed by atoms with Crippen LogP contribution >= 0.6 is 15.9 Å². The number of carbonyl (C=O) groups is 3. The molecule has 1 aromatic rings. The van der Waals surface area contributed by atoms with Crippen molar-refractivity contribution in [2.24, 2.45) is 0 Å². The number of rotatable bonds is 2. The van der Waals surface area contributed by atoms with Gasteiger partial charge in [-0.25, -0.2) is 0 Å². The molecule has 3 amide bonds. The minimum absolute atomic E-state index is 0.197. The van der Waals surface area contributed by atoms with E-state index in [-0.39, 0.29) is 5.91 Å². The molecule has 1 atom stereocenters. The Bertz CT molecular complexity index is 726. The number of anilines is 1. The lowest BCUT2D eigenvalue weighted by Crippen LogP contribution is -2.67. The van der Waals surface area contributed by atoms with Crippen LogP contribution in [0, 0.1) is 0 Å². The van der Waals surface area contributed by atoms with Gasteiger partial charge in [-0.2, -0.15) is 0 Å². The normalized spacial score (nSPS) is 23.2. The fourth-order valence-electron chi connectivity index (χ4n) is 2.98. The van der Waals surface area contributed by atoms with Crippen LogP contribution in [0.3, 0.4) is 0 Å². The summed E-state index contributed by atoms with van der Waals surface area (Å²) >= 11 is 3.38. The van der Waals surface area contributed by atoms with Crippen molar-refractivity contribution in [2.75, 3.05) is 11.9 Å². The summed E-state index contributed by atoms with van der Waals surface area (Å²) in [4.78, 5) is 39.3. The van der Waals surface area contributed by atoms with Gasteiger partial charge in [0.05, 0.1) is 0 Å². The molecule has 0 saturated carbocycles. The highest BCUT2D eigenvalue weighted by atomic mass is 79.9. The summed E-state index contributed by atoms with van der Waals surface area (Å²) in [6, 6.07) is 5.24. The smallest absolute Gasteiger partial charge is 0.265 e. The molecule has 0 spiro atoms. The summed E-state index contributed by atoms with van der Waals surface area (Å²) in [6.07, 6.45) is 0.348. The number of nitrogens with zero attached hydrogens (tertiary/aromatic N) is 1. The molecule has 1 fully saturated rings. The Morgan fingerprint density at radius 2 is 2.04 bits per heavy atom. The lowest BCUT2D eigenvalue weighted by atomic mass is 9.84. The molecule has 0 aromatic heterocycles. The quantitative estimate of drug-likeness (QED) is 0.606. The first-order valence-corrected chi connectivity index (χ1v) is 8.20. The van der Waals surface area contributed by atoms with Gasteiger partial charge in [0.2, 0.25) is 11.4 Å². The van der Waals surface area contributed by atoms with Crippen LogP contribution in [-0.2, 0) is 19.9 Å². The van der Waals surface area contributed by atoms with Gasteiger partial charge in [-0.1, -0.05) is 15.9 Å². The molecule has 23 heavy (non-hydrogen) atoms. The van der Waals surface area contributed by atoms with E-state index in [1.165, 1.54) is 4.90 Å². The van der Waals surface area contributed by atoms with Gasteiger partial charge in [0.25, 0.3) is 11.8 Å². The lowest BCUT2D eigenvalue weighted by Gasteiger charge is -2.44. The molecule has 1 aromatic carbocycles. The number of benzene rings is 1. The highest BCUT2D eigenvalue weighted by Crippen LogP contribution is 2.44. The second-order valence-electron chi connectivity index (χ2n) is 6.85. The zero-order valence-electron chi connectivity index (χ0n) is 13.2. The Kier molecular flexibility index (Phi) is 3.51. The van der Waals surface area contributed by atoms with Crippen molar-refractivity contribution in [3.05, 3.63) is 28.2 Å². The van der Waals surface area contributed by atoms with Crippen LogP contribution in [0.1, 0.15) is 32.8 Å². The fourth-order valence-corrected chi connectivity index (χ4v) is 3.34. The third kappa shape index (κ3) is 2.34. The summed E-state index contributed by atoms with van der Waals surface area (Å²) in [6.45, 7) is 5.90. The van der Waals surface area contributed by atoms with Gasteiger partial charge in [-0.15, -0.1) is 0 Å². The summed E-state index contributed by atoms with van der Waals surface area (Å²) in [5.41, 5.74) is -1.09. The number of β-lactam (4-membered cyclic amide) rings is 1. The van der Waals surface area contributed by atoms with E-state index in [2.05, 4.69) is 26.6 Å². The Morgan fingerprint density at radius 1 is 1.35 bits per heavy atom. The van der Waals surface area contributed by atoms with Crippen molar-refractivity contribution < 1.29 is 14.4 Å². The van der Waals surface area contributed by atoms with Crippen molar-refractivity contribution in [1.82, 2.24) is 10.2 Å². The maximum absolute atomic E-state index is 13.1. The molecule has 6 nitrogen and oxygen atoms in total. The van der Waals surface area contributed by atoms with Crippen molar-refractivity contribution in [3.63, 3.8) is 0 Å². The number of amides is 3. The first-order chi connectivity index (χ1) is 10.7. The van der Waals surface area contributed by atoms with Gasteiger partial charge >= 0.3 is 0 Å². The maximum Gasteiger partial charge on any atom is 0.265 e. The zero-order chi connectivity index (χ0) is 17.0. The van der Waals surface area contributed by atoms with E-state index in [0.717, 1.165) is 4.47 Å². The molecule has 0 aliphatic carbocycles. The van der Waals surface area contributed by atoms with Gasteiger partial charge in [-0.05, 0) is 39.0 Å². The van der Waals surface area contributed by atoms with Gasteiger partial charge in [0.1, 0.15) is 0 Å². The fraction of sp³-hybridized carbons (Fsp3) is 0.438. The zero-order valence-corrected chi connectivity index (χ0v) is 14.8. The summed E-state index contributed by atoms with van der Waals surface area (Å²) in [5.74, 6) is -1.16. The number of halogens is 1. The van der Waals surface area contributed by atoms with E-state index in [0.29, 0.717) is 24.2 Å². The number of fused-ring (bicyclic) bond motifs is 1. The van der Waals surface area contributed by atoms with Crippen LogP contribution in [-0.4, -0.2) is 34.7 Å². The first kappa shape index (κ1) is 16.0. The van der Waals surface area contributed by atoms with Crippen molar-refractivity contribution in [1.29, 1.82) is 0 Å². The molecule has 1 unspecified atom stereocenters. The van der Waals surface area contributed by atoms with E-state index in [9.17, 15) is 14.4 Å². The molecule has 0 bridgehead atoms. The van der Waals surface area contributed by atoms with Gasteiger partial charge in [0.15, 0.2) is 0 Å². The van der Waals surface area contributed by atoms with E-state index < -0.39 is 22.9 Å². The van der Waals surface area contributed by atoms with Crippen LogP contribution in [0.15, 0.2) is 22.7 Å². The summed E-state index contributed by atoms with van der Waals surface area (Å²) in [5, 5.41) is 5.59. The molecular formula is C16H18BrN3O3. The average molecular weight is 380 g/mol. The molecule has 2 heterocycles. The molecule has 3 rings (SSSR count). The molecule has 2 aliphatic heterocycles. The van der Waals surface area contributed by atoms with E-state index in [1.807, 2.05) is 20.8 Å². The maximum atomic E-state index is 13.1. The topological polar surface area (TPSA) is 78.5 Å². The highest BCUT2D eigenvalue weighted by molar-refractivity contribution is 9.10. The standard InChI is InChI=1S/C16H18BrN3O3/c1-15(2,3)19-14(23)16(20-7-6-12(20)21)10-8-9(17)4-5-11(10)18-13(16)22/h4-5,8H,6-7H2,1-3H3,(H,18,22)(H,19,23). The molecule has 2 aliphatic rings. The third-order valence-electron chi connectivity index (χ3n) is 4.02. The van der Waals surface area contributed by atoms with Crippen molar-refractivity contribution >= 4 is 39.3 Å². The second kappa shape index (κ2) is 5.06. The van der Waals surface area contributed by atoms with Crippen LogP contribution in [0.4, 0.5) is 5.69 Å². The number of hydrogen-bond acceptors (Lipinski definition) is 3. The molecular weight excluding hydrogens is 362 g/mol. The number of likely N-dealkylation sites (tertiary alicyclic amines) is 1. The Hall–Kier alpha value is -1.89. The molecule has 1 saturated heterocycles. The number of nitrogens with one attached hydrogen (secondary N) is 2. The van der Waals surface area contributed by atoms with Gasteiger partial charge < -0.3 is 15.5 Å². The monoisotopic (exact) mass is 379 g/mol. The van der Waals surface area contributed by atoms with E-state index in [4.69, 9.17) is 0 Å². The Morgan fingerprint density at radius 3 is 2.57 bits per heavy atom. The van der Waals surface area contributed by atoms with E-state index >= 15 is 0 Å². The van der Waals surface area contributed by atoms with Crippen molar-refractivity contribution in [3.8, 4) is 0 Å². The molecule has 0 radical (unpaired) electrons. The van der Waals surface area contributed by atoms with Crippen LogP contribution in [0.25, 0.3) is 0 Å². The van der Waals surface area contributed by atoms with Crippen LogP contribution in [0.5, 0.6) is 0 Å².